The van der Waals surface area contributed by atoms with Gasteiger partial charge in [0.25, 0.3) is 0 Å². The first-order valence-electron chi connectivity index (χ1n) is 5.43. The SMILES string of the molecule is CC(C)[C@H](N)c1nc(-c2ccccc2F)no1. The Morgan fingerprint density at radius 2 is 2.00 bits per heavy atom. The molecule has 1 aromatic heterocycles. The molecule has 0 amide bonds. The zero-order valence-corrected chi connectivity index (χ0v) is 9.72. The first kappa shape index (κ1) is 11.7. The molecular formula is C12H14FN3O. The highest BCUT2D eigenvalue weighted by atomic mass is 19.1. The molecule has 2 N–H and O–H groups in total. The number of aromatic nitrogens is 2. The van der Waals surface area contributed by atoms with Crippen LogP contribution in [0.4, 0.5) is 4.39 Å². The highest BCUT2D eigenvalue weighted by Gasteiger charge is 2.19. The van der Waals surface area contributed by atoms with E-state index in [1.807, 2.05) is 13.8 Å². The van der Waals surface area contributed by atoms with Gasteiger partial charge in [-0.15, -0.1) is 0 Å². The molecule has 90 valence electrons. The molecule has 1 heterocycles. The Labute approximate surface area is 98.6 Å². The van der Waals surface area contributed by atoms with Crippen molar-refractivity contribution in [1.82, 2.24) is 10.1 Å². The molecule has 0 aliphatic rings. The van der Waals surface area contributed by atoms with Crippen molar-refractivity contribution >= 4 is 0 Å². The van der Waals surface area contributed by atoms with Crippen molar-refractivity contribution in [2.75, 3.05) is 0 Å². The van der Waals surface area contributed by atoms with Gasteiger partial charge < -0.3 is 10.3 Å². The zero-order valence-electron chi connectivity index (χ0n) is 9.72. The van der Waals surface area contributed by atoms with Gasteiger partial charge in [-0.05, 0) is 18.1 Å². The molecule has 4 nitrogen and oxygen atoms in total. The van der Waals surface area contributed by atoms with Crippen molar-refractivity contribution in [1.29, 1.82) is 0 Å². The fourth-order valence-corrected chi connectivity index (χ4v) is 1.41. The molecule has 5 heteroatoms. The van der Waals surface area contributed by atoms with Crippen LogP contribution in [0.3, 0.4) is 0 Å². The molecule has 1 atom stereocenters. The minimum atomic E-state index is -0.377. The van der Waals surface area contributed by atoms with Crippen molar-refractivity contribution in [3.8, 4) is 11.4 Å². The molecule has 2 rings (SSSR count). The van der Waals surface area contributed by atoms with Gasteiger partial charge in [0.15, 0.2) is 0 Å². The van der Waals surface area contributed by atoms with Gasteiger partial charge in [-0.1, -0.05) is 31.1 Å². The first-order chi connectivity index (χ1) is 8.09. The average molecular weight is 235 g/mol. The van der Waals surface area contributed by atoms with E-state index in [4.69, 9.17) is 10.3 Å². The fraction of sp³-hybridized carbons (Fsp3) is 0.333. The Bertz CT molecular complexity index is 510. The fourth-order valence-electron chi connectivity index (χ4n) is 1.41. The summed E-state index contributed by atoms with van der Waals surface area (Å²) in [5, 5.41) is 3.74. The third-order valence-electron chi connectivity index (χ3n) is 2.56. The van der Waals surface area contributed by atoms with Gasteiger partial charge in [-0.2, -0.15) is 4.98 Å². The van der Waals surface area contributed by atoms with E-state index in [0.29, 0.717) is 11.5 Å². The Morgan fingerprint density at radius 3 is 2.65 bits per heavy atom. The van der Waals surface area contributed by atoms with Crippen LogP contribution in [0.2, 0.25) is 0 Å². The number of halogens is 1. The molecule has 17 heavy (non-hydrogen) atoms. The lowest BCUT2D eigenvalue weighted by Crippen LogP contribution is -2.16. The maximum atomic E-state index is 13.5. The minimum absolute atomic E-state index is 0.184. The monoisotopic (exact) mass is 235 g/mol. The Balaban J connectivity index is 2.34. The topological polar surface area (TPSA) is 64.9 Å². The van der Waals surface area contributed by atoms with Gasteiger partial charge in [-0.3, -0.25) is 0 Å². The second kappa shape index (κ2) is 4.63. The normalized spacial score (nSPS) is 13.0. The van der Waals surface area contributed by atoms with E-state index in [2.05, 4.69) is 10.1 Å². The number of nitrogens with zero attached hydrogens (tertiary/aromatic N) is 2. The van der Waals surface area contributed by atoms with E-state index in [1.165, 1.54) is 6.07 Å². The summed E-state index contributed by atoms with van der Waals surface area (Å²) < 4.78 is 18.5. The predicted octanol–water partition coefficient (Wildman–Crippen LogP) is 2.53. The van der Waals surface area contributed by atoms with E-state index in [1.54, 1.807) is 18.2 Å². The number of rotatable bonds is 3. The summed E-state index contributed by atoms with van der Waals surface area (Å²) in [6.07, 6.45) is 0. The molecule has 1 aromatic carbocycles. The van der Waals surface area contributed by atoms with Crippen LogP contribution in [0.5, 0.6) is 0 Å². The number of benzene rings is 1. The molecule has 2 aromatic rings. The van der Waals surface area contributed by atoms with E-state index in [0.717, 1.165) is 0 Å². The second-order valence-electron chi connectivity index (χ2n) is 4.21. The number of nitrogens with two attached hydrogens (primary N) is 1. The lowest BCUT2D eigenvalue weighted by Gasteiger charge is -2.09. The molecule has 0 bridgehead atoms. The van der Waals surface area contributed by atoms with Crippen LogP contribution in [0.25, 0.3) is 11.4 Å². The molecule has 0 saturated carbocycles. The van der Waals surface area contributed by atoms with Gasteiger partial charge in [0.2, 0.25) is 11.7 Å². The quantitative estimate of drug-likeness (QED) is 0.887. The van der Waals surface area contributed by atoms with Crippen LogP contribution in [0.1, 0.15) is 25.8 Å². The van der Waals surface area contributed by atoms with E-state index >= 15 is 0 Å². The standard InChI is InChI=1S/C12H14FN3O/c1-7(2)10(14)12-15-11(16-17-12)8-5-3-4-6-9(8)13/h3-7,10H,14H2,1-2H3/t10-/m0/s1. The number of hydrogen-bond acceptors (Lipinski definition) is 4. The summed E-state index contributed by atoms with van der Waals surface area (Å²) in [4.78, 5) is 4.12. The Morgan fingerprint density at radius 1 is 1.29 bits per heavy atom. The van der Waals surface area contributed by atoms with Gasteiger partial charge in [0, 0.05) is 0 Å². The van der Waals surface area contributed by atoms with Gasteiger partial charge in [0.1, 0.15) is 5.82 Å². The smallest absolute Gasteiger partial charge is 0.244 e. The van der Waals surface area contributed by atoms with Crippen LogP contribution < -0.4 is 5.73 Å². The van der Waals surface area contributed by atoms with Crippen molar-refractivity contribution in [3.63, 3.8) is 0 Å². The summed E-state index contributed by atoms with van der Waals surface area (Å²) in [6.45, 7) is 3.91. The second-order valence-corrected chi connectivity index (χ2v) is 4.21. The van der Waals surface area contributed by atoms with E-state index in [9.17, 15) is 4.39 Å². The van der Waals surface area contributed by atoms with Crippen LogP contribution >= 0.6 is 0 Å². The largest absolute Gasteiger partial charge is 0.337 e. The Hall–Kier alpha value is -1.75. The number of hydrogen-bond donors (Lipinski definition) is 1. The average Bonchev–Trinajstić information content (AvgIpc) is 2.77. The highest BCUT2D eigenvalue weighted by Crippen LogP contribution is 2.23. The molecule has 0 aliphatic heterocycles. The summed E-state index contributed by atoms with van der Waals surface area (Å²) in [5.41, 5.74) is 6.20. The van der Waals surface area contributed by atoms with Crippen molar-refractivity contribution in [3.05, 3.63) is 36.0 Å². The van der Waals surface area contributed by atoms with Gasteiger partial charge in [0.05, 0.1) is 11.6 Å². The van der Waals surface area contributed by atoms with Crippen LogP contribution in [0.15, 0.2) is 28.8 Å². The molecule has 0 saturated heterocycles. The zero-order chi connectivity index (χ0) is 12.4. The molecular weight excluding hydrogens is 221 g/mol. The lowest BCUT2D eigenvalue weighted by atomic mass is 10.1. The molecule has 0 fully saturated rings. The molecule has 0 spiro atoms. The summed E-state index contributed by atoms with van der Waals surface area (Å²) in [7, 11) is 0. The van der Waals surface area contributed by atoms with Gasteiger partial charge >= 0.3 is 0 Å². The van der Waals surface area contributed by atoms with E-state index in [-0.39, 0.29) is 23.6 Å². The van der Waals surface area contributed by atoms with Crippen LogP contribution in [-0.2, 0) is 0 Å². The van der Waals surface area contributed by atoms with Crippen molar-refractivity contribution in [2.24, 2.45) is 11.7 Å². The van der Waals surface area contributed by atoms with Gasteiger partial charge in [-0.25, -0.2) is 4.39 Å². The predicted molar refractivity (Wildman–Crippen MR) is 61.5 cm³/mol. The van der Waals surface area contributed by atoms with Crippen LogP contribution in [-0.4, -0.2) is 10.1 Å². The summed E-state index contributed by atoms with van der Waals surface area (Å²) in [5.74, 6) is 0.370. The maximum absolute atomic E-state index is 13.5. The Kier molecular flexibility index (Phi) is 3.19. The highest BCUT2D eigenvalue weighted by molar-refractivity contribution is 5.54. The molecule has 0 unspecified atom stereocenters. The lowest BCUT2D eigenvalue weighted by molar-refractivity contribution is 0.325. The molecule has 0 radical (unpaired) electrons. The summed E-state index contributed by atoms with van der Waals surface area (Å²) >= 11 is 0. The molecule has 0 aliphatic carbocycles. The maximum Gasteiger partial charge on any atom is 0.244 e. The summed E-state index contributed by atoms with van der Waals surface area (Å²) in [6, 6.07) is 5.96. The van der Waals surface area contributed by atoms with E-state index < -0.39 is 0 Å². The first-order valence-corrected chi connectivity index (χ1v) is 5.43. The van der Waals surface area contributed by atoms with Crippen molar-refractivity contribution in [2.45, 2.75) is 19.9 Å². The third kappa shape index (κ3) is 2.34. The van der Waals surface area contributed by atoms with Crippen molar-refractivity contribution < 1.29 is 8.91 Å². The minimum Gasteiger partial charge on any atom is -0.337 e. The van der Waals surface area contributed by atoms with Crippen LogP contribution in [0, 0.1) is 11.7 Å². The third-order valence-corrected chi connectivity index (χ3v) is 2.56.